The summed E-state index contributed by atoms with van der Waals surface area (Å²) in [5, 5.41) is -0.209. The van der Waals surface area contributed by atoms with Gasteiger partial charge < -0.3 is 4.42 Å². The van der Waals surface area contributed by atoms with Crippen LogP contribution in [0, 0.1) is 13.8 Å². The number of furan rings is 1. The number of halogens is 3. The third-order valence-corrected chi connectivity index (χ3v) is 4.27. The molecule has 0 aliphatic heterocycles. The highest BCUT2D eigenvalue weighted by Crippen LogP contribution is 2.37. The number of alkyl halides is 1. The zero-order valence-electron chi connectivity index (χ0n) is 9.43. The van der Waals surface area contributed by atoms with Gasteiger partial charge in [-0.05, 0) is 43.7 Å². The summed E-state index contributed by atoms with van der Waals surface area (Å²) in [6.07, 6.45) is 0. The van der Waals surface area contributed by atoms with E-state index in [1.165, 1.54) is 0 Å². The van der Waals surface area contributed by atoms with Crippen LogP contribution >= 0.6 is 43.5 Å². The fraction of sp³-hybridized carbons (Fsp3) is 0.231. The molecule has 1 heterocycles. The maximum absolute atomic E-state index is 6.52. The molecule has 1 atom stereocenters. The lowest BCUT2D eigenvalue weighted by atomic mass is 10.1. The molecule has 0 bridgehead atoms. The molecule has 0 aliphatic rings. The van der Waals surface area contributed by atoms with Crippen LogP contribution in [0.1, 0.15) is 28.0 Å². The molecule has 0 radical (unpaired) electrons. The quantitative estimate of drug-likeness (QED) is 0.607. The largest absolute Gasteiger partial charge is 0.466 e. The van der Waals surface area contributed by atoms with Crippen molar-refractivity contribution in [3.8, 4) is 0 Å². The molecule has 17 heavy (non-hydrogen) atoms. The standard InChI is InChI=1S/C13H11Br2ClO/c1-7-5-10(8(2)17-7)13(16)11-6-9(14)3-4-12(11)15/h3-6,13H,1-2H3. The summed E-state index contributed by atoms with van der Waals surface area (Å²) in [4.78, 5) is 0. The van der Waals surface area contributed by atoms with E-state index in [9.17, 15) is 0 Å². The zero-order chi connectivity index (χ0) is 12.6. The smallest absolute Gasteiger partial charge is 0.106 e. The van der Waals surface area contributed by atoms with Crippen molar-refractivity contribution in [1.29, 1.82) is 0 Å². The van der Waals surface area contributed by atoms with Crippen molar-refractivity contribution >= 4 is 43.5 Å². The van der Waals surface area contributed by atoms with E-state index in [0.717, 1.165) is 31.6 Å². The fourth-order valence-electron chi connectivity index (χ4n) is 1.78. The van der Waals surface area contributed by atoms with E-state index in [-0.39, 0.29) is 5.38 Å². The van der Waals surface area contributed by atoms with Crippen LogP contribution in [0.2, 0.25) is 0 Å². The van der Waals surface area contributed by atoms with Crippen molar-refractivity contribution in [3.05, 3.63) is 55.9 Å². The highest BCUT2D eigenvalue weighted by molar-refractivity contribution is 9.11. The Labute approximate surface area is 122 Å². The summed E-state index contributed by atoms with van der Waals surface area (Å²) in [5.74, 6) is 1.75. The lowest BCUT2D eigenvalue weighted by Gasteiger charge is -2.11. The van der Waals surface area contributed by atoms with Gasteiger partial charge in [0.25, 0.3) is 0 Å². The molecule has 1 aromatic carbocycles. The Bertz CT molecular complexity index is 548. The van der Waals surface area contributed by atoms with Crippen molar-refractivity contribution in [1.82, 2.24) is 0 Å². The molecule has 90 valence electrons. The van der Waals surface area contributed by atoms with Gasteiger partial charge in [0.2, 0.25) is 0 Å². The lowest BCUT2D eigenvalue weighted by molar-refractivity contribution is 0.501. The molecule has 1 unspecified atom stereocenters. The Hall–Kier alpha value is -0.250. The molecule has 0 aliphatic carbocycles. The monoisotopic (exact) mass is 376 g/mol. The number of hydrogen-bond acceptors (Lipinski definition) is 1. The maximum atomic E-state index is 6.52. The van der Waals surface area contributed by atoms with E-state index < -0.39 is 0 Å². The zero-order valence-corrected chi connectivity index (χ0v) is 13.4. The minimum atomic E-state index is -0.209. The molecule has 0 amide bonds. The third-order valence-electron chi connectivity index (χ3n) is 2.58. The lowest BCUT2D eigenvalue weighted by Crippen LogP contribution is -1.95. The molecule has 4 heteroatoms. The predicted octanol–water partition coefficient (Wildman–Crippen LogP) is 5.75. The van der Waals surface area contributed by atoms with Gasteiger partial charge in [-0.1, -0.05) is 31.9 Å². The number of hydrogen-bond donors (Lipinski definition) is 0. The minimum Gasteiger partial charge on any atom is -0.466 e. The average Bonchev–Trinajstić information content (AvgIpc) is 2.60. The molecule has 2 aromatic rings. The van der Waals surface area contributed by atoms with Crippen molar-refractivity contribution in [2.45, 2.75) is 19.2 Å². The first-order valence-electron chi connectivity index (χ1n) is 5.15. The van der Waals surface area contributed by atoms with Gasteiger partial charge >= 0.3 is 0 Å². The van der Waals surface area contributed by atoms with Crippen molar-refractivity contribution in [2.75, 3.05) is 0 Å². The fourth-order valence-corrected chi connectivity index (χ4v) is 3.16. The van der Waals surface area contributed by atoms with E-state index in [1.807, 2.05) is 38.1 Å². The Morgan fingerprint density at radius 1 is 1.12 bits per heavy atom. The average molecular weight is 378 g/mol. The normalized spacial score (nSPS) is 12.8. The van der Waals surface area contributed by atoms with Crippen LogP contribution in [0.3, 0.4) is 0 Å². The summed E-state index contributed by atoms with van der Waals surface area (Å²) in [6, 6.07) is 7.96. The van der Waals surface area contributed by atoms with Crippen molar-refractivity contribution < 1.29 is 4.42 Å². The summed E-state index contributed by atoms with van der Waals surface area (Å²) in [6.45, 7) is 3.86. The van der Waals surface area contributed by atoms with Crippen LogP contribution in [0.4, 0.5) is 0 Å². The van der Waals surface area contributed by atoms with Crippen LogP contribution in [0.25, 0.3) is 0 Å². The van der Waals surface area contributed by atoms with Gasteiger partial charge in [-0.25, -0.2) is 0 Å². The van der Waals surface area contributed by atoms with Gasteiger partial charge in [0.1, 0.15) is 11.5 Å². The first kappa shape index (κ1) is 13.2. The second-order valence-electron chi connectivity index (χ2n) is 3.90. The van der Waals surface area contributed by atoms with Crippen molar-refractivity contribution in [3.63, 3.8) is 0 Å². The van der Waals surface area contributed by atoms with Crippen LogP contribution in [-0.2, 0) is 0 Å². The molecule has 0 saturated carbocycles. The SMILES string of the molecule is Cc1cc(C(Cl)c2cc(Br)ccc2Br)c(C)o1. The number of aryl methyl sites for hydroxylation is 2. The van der Waals surface area contributed by atoms with E-state index in [0.29, 0.717) is 0 Å². The van der Waals surface area contributed by atoms with E-state index in [2.05, 4.69) is 31.9 Å². The van der Waals surface area contributed by atoms with E-state index in [4.69, 9.17) is 16.0 Å². The van der Waals surface area contributed by atoms with Gasteiger partial charge in [0, 0.05) is 14.5 Å². The molecule has 0 spiro atoms. The van der Waals surface area contributed by atoms with E-state index in [1.54, 1.807) is 0 Å². The Morgan fingerprint density at radius 3 is 2.41 bits per heavy atom. The maximum Gasteiger partial charge on any atom is 0.106 e. The second kappa shape index (κ2) is 5.17. The molecule has 0 fully saturated rings. The summed E-state index contributed by atoms with van der Waals surface area (Å²) >= 11 is 13.5. The van der Waals surface area contributed by atoms with Crippen LogP contribution in [0.5, 0.6) is 0 Å². The van der Waals surface area contributed by atoms with Gasteiger partial charge in [0.15, 0.2) is 0 Å². The first-order chi connectivity index (χ1) is 7.99. The number of benzene rings is 1. The summed E-state index contributed by atoms with van der Waals surface area (Å²) < 4.78 is 7.53. The van der Waals surface area contributed by atoms with Gasteiger partial charge in [0.05, 0.1) is 5.38 Å². The van der Waals surface area contributed by atoms with Crippen molar-refractivity contribution in [2.24, 2.45) is 0 Å². The topological polar surface area (TPSA) is 13.1 Å². The Balaban J connectivity index is 2.46. The Kier molecular flexibility index (Phi) is 4.01. The number of rotatable bonds is 2. The van der Waals surface area contributed by atoms with E-state index >= 15 is 0 Å². The molecule has 0 N–H and O–H groups in total. The molecular weight excluding hydrogens is 367 g/mol. The highest BCUT2D eigenvalue weighted by Gasteiger charge is 2.19. The first-order valence-corrected chi connectivity index (χ1v) is 7.17. The third kappa shape index (κ3) is 2.78. The Morgan fingerprint density at radius 2 is 1.82 bits per heavy atom. The van der Waals surface area contributed by atoms with Gasteiger partial charge in [-0.3, -0.25) is 0 Å². The molecular formula is C13H11Br2ClO. The highest BCUT2D eigenvalue weighted by atomic mass is 79.9. The molecule has 0 saturated heterocycles. The van der Waals surface area contributed by atoms with Crippen LogP contribution in [0.15, 0.2) is 37.6 Å². The van der Waals surface area contributed by atoms with Crippen LogP contribution in [-0.4, -0.2) is 0 Å². The summed E-state index contributed by atoms with van der Waals surface area (Å²) in [7, 11) is 0. The van der Waals surface area contributed by atoms with Gasteiger partial charge in [-0.2, -0.15) is 0 Å². The molecule has 2 rings (SSSR count). The molecule has 1 nitrogen and oxygen atoms in total. The summed E-state index contributed by atoms with van der Waals surface area (Å²) in [5.41, 5.74) is 2.05. The van der Waals surface area contributed by atoms with Gasteiger partial charge in [-0.15, -0.1) is 11.6 Å². The predicted molar refractivity (Wildman–Crippen MR) is 77.7 cm³/mol. The second-order valence-corrected chi connectivity index (χ2v) is 6.10. The molecule has 1 aromatic heterocycles. The minimum absolute atomic E-state index is 0.209. The van der Waals surface area contributed by atoms with Crippen LogP contribution < -0.4 is 0 Å².